The molecular weight excluding hydrogens is 292 g/mol. The van der Waals surface area contributed by atoms with E-state index < -0.39 is 10.0 Å². The number of rotatable bonds is 5. The summed E-state index contributed by atoms with van der Waals surface area (Å²) in [6, 6.07) is 0.154. The Kier molecular flexibility index (Phi) is 5.03. The number of nitrogens with one attached hydrogen (secondary N) is 1. The molecule has 1 N–H and O–H groups in total. The number of aryl methyl sites for hydroxylation is 2. The van der Waals surface area contributed by atoms with E-state index in [4.69, 9.17) is 4.74 Å². The third-order valence-corrected chi connectivity index (χ3v) is 6.01. The van der Waals surface area contributed by atoms with Crippen LogP contribution < -0.4 is 0 Å². The molecule has 0 spiro atoms. The summed E-state index contributed by atoms with van der Waals surface area (Å²) in [7, 11) is -1.89. The Balaban J connectivity index is 2.10. The molecule has 1 aromatic rings. The number of aromatic amines is 1. The zero-order chi connectivity index (χ0) is 15.6. The largest absolute Gasteiger partial charge is 0.379 e. The molecular formula is C13H24N4O3S. The maximum Gasteiger partial charge on any atom is 0.246 e. The smallest absolute Gasteiger partial charge is 0.246 e. The molecule has 0 radical (unpaired) electrons. The van der Waals surface area contributed by atoms with Gasteiger partial charge in [0.15, 0.2) is 0 Å². The molecule has 0 saturated carbocycles. The number of aromatic nitrogens is 2. The second kappa shape index (κ2) is 6.43. The van der Waals surface area contributed by atoms with Gasteiger partial charge in [0.2, 0.25) is 10.0 Å². The van der Waals surface area contributed by atoms with E-state index in [1.165, 1.54) is 4.31 Å². The summed E-state index contributed by atoms with van der Waals surface area (Å²) in [5, 5.41) is 6.71. The Morgan fingerprint density at radius 2 is 2.00 bits per heavy atom. The van der Waals surface area contributed by atoms with Gasteiger partial charge in [0.25, 0.3) is 0 Å². The first-order chi connectivity index (χ1) is 9.84. The van der Waals surface area contributed by atoms with Gasteiger partial charge in [0.1, 0.15) is 4.90 Å². The molecule has 1 aliphatic heterocycles. The standard InChI is InChI=1S/C13H24N4O3S/c1-10(17-5-7-20-8-6-17)9-16(4)21(18,19)13-11(2)14-15-12(13)3/h10H,5-9H2,1-4H3,(H,14,15). The van der Waals surface area contributed by atoms with Gasteiger partial charge in [-0.2, -0.15) is 9.40 Å². The zero-order valence-electron chi connectivity index (χ0n) is 13.1. The van der Waals surface area contributed by atoms with E-state index in [0.29, 0.717) is 36.0 Å². The van der Waals surface area contributed by atoms with Crippen LogP contribution in [0.5, 0.6) is 0 Å². The van der Waals surface area contributed by atoms with E-state index >= 15 is 0 Å². The molecule has 1 aromatic heterocycles. The van der Waals surface area contributed by atoms with Crippen LogP contribution >= 0.6 is 0 Å². The van der Waals surface area contributed by atoms with Gasteiger partial charge in [-0.15, -0.1) is 0 Å². The number of sulfonamides is 1. The van der Waals surface area contributed by atoms with Gasteiger partial charge in [-0.25, -0.2) is 8.42 Å². The van der Waals surface area contributed by atoms with Gasteiger partial charge in [0.05, 0.1) is 24.6 Å². The number of ether oxygens (including phenoxy) is 1. The predicted octanol–water partition coefficient (Wildman–Crippen LogP) is 0.368. The SMILES string of the molecule is Cc1n[nH]c(C)c1S(=O)(=O)N(C)CC(C)N1CCOCC1. The minimum atomic E-state index is -3.51. The van der Waals surface area contributed by atoms with Crippen molar-refractivity contribution in [1.82, 2.24) is 19.4 Å². The molecule has 8 heteroatoms. The second-order valence-corrected chi connectivity index (χ2v) is 7.53. The van der Waals surface area contributed by atoms with E-state index in [2.05, 4.69) is 15.1 Å². The lowest BCUT2D eigenvalue weighted by atomic mass is 10.2. The average Bonchev–Trinajstić information content (AvgIpc) is 2.79. The maximum absolute atomic E-state index is 12.7. The number of nitrogens with zero attached hydrogens (tertiary/aromatic N) is 3. The summed E-state index contributed by atoms with van der Waals surface area (Å²) < 4.78 is 32.1. The molecule has 2 heterocycles. The van der Waals surface area contributed by atoms with Gasteiger partial charge in [-0.3, -0.25) is 10.00 Å². The molecule has 0 aromatic carbocycles. The lowest BCUT2D eigenvalue weighted by molar-refractivity contribution is 0.0177. The fraction of sp³-hybridized carbons (Fsp3) is 0.769. The van der Waals surface area contributed by atoms with Crippen molar-refractivity contribution >= 4 is 10.0 Å². The first-order valence-corrected chi connectivity index (χ1v) is 8.57. The van der Waals surface area contributed by atoms with Crippen LogP contribution in [0.25, 0.3) is 0 Å². The maximum atomic E-state index is 12.7. The summed E-state index contributed by atoms with van der Waals surface area (Å²) in [5.74, 6) is 0. The minimum Gasteiger partial charge on any atom is -0.379 e. The third-order valence-electron chi connectivity index (χ3n) is 3.92. The fourth-order valence-corrected chi connectivity index (χ4v) is 4.26. The van der Waals surface area contributed by atoms with Crippen LogP contribution in [0.4, 0.5) is 0 Å². The van der Waals surface area contributed by atoms with E-state index in [9.17, 15) is 8.42 Å². The topological polar surface area (TPSA) is 78.5 Å². The molecule has 2 rings (SSSR count). The molecule has 1 saturated heterocycles. The van der Waals surface area contributed by atoms with E-state index in [-0.39, 0.29) is 6.04 Å². The lowest BCUT2D eigenvalue weighted by Gasteiger charge is -2.34. The molecule has 0 amide bonds. The van der Waals surface area contributed by atoms with Gasteiger partial charge >= 0.3 is 0 Å². The molecule has 1 fully saturated rings. The van der Waals surface area contributed by atoms with Crippen LogP contribution in [0.3, 0.4) is 0 Å². The van der Waals surface area contributed by atoms with Crippen LogP contribution in [0.15, 0.2) is 4.90 Å². The normalized spacial score (nSPS) is 19.1. The zero-order valence-corrected chi connectivity index (χ0v) is 13.9. The van der Waals surface area contributed by atoms with Crippen molar-refractivity contribution in [2.24, 2.45) is 0 Å². The summed E-state index contributed by atoms with van der Waals surface area (Å²) >= 11 is 0. The van der Waals surface area contributed by atoms with Crippen LogP contribution in [0, 0.1) is 13.8 Å². The fourth-order valence-electron chi connectivity index (χ4n) is 2.68. The number of morpholine rings is 1. The Bertz CT molecular complexity index is 559. The highest BCUT2D eigenvalue weighted by molar-refractivity contribution is 7.89. The molecule has 0 bridgehead atoms. The number of hydrogen-bond donors (Lipinski definition) is 1. The molecule has 1 aliphatic rings. The third kappa shape index (κ3) is 3.45. The number of likely N-dealkylation sites (N-methyl/N-ethyl adjacent to an activating group) is 1. The number of hydrogen-bond acceptors (Lipinski definition) is 5. The lowest BCUT2D eigenvalue weighted by Crippen LogP contribution is -2.47. The van der Waals surface area contributed by atoms with Gasteiger partial charge in [-0.05, 0) is 20.8 Å². The molecule has 7 nitrogen and oxygen atoms in total. The van der Waals surface area contributed by atoms with Crippen molar-refractivity contribution in [3.8, 4) is 0 Å². The van der Waals surface area contributed by atoms with Crippen molar-refractivity contribution in [2.45, 2.75) is 31.7 Å². The highest BCUT2D eigenvalue weighted by atomic mass is 32.2. The van der Waals surface area contributed by atoms with Gasteiger partial charge < -0.3 is 4.74 Å². The van der Waals surface area contributed by atoms with Crippen LogP contribution in [-0.2, 0) is 14.8 Å². The summed E-state index contributed by atoms with van der Waals surface area (Å²) in [4.78, 5) is 2.55. The Labute approximate surface area is 126 Å². The highest BCUT2D eigenvalue weighted by Crippen LogP contribution is 2.21. The van der Waals surface area contributed by atoms with Crippen molar-refractivity contribution in [2.75, 3.05) is 39.9 Å². The summed E-state index contributed by atoms with van der Waals surface area (Å²) in [5.41, 5.74) is 1.09. The average molecular weight is 316 g/mol. The van der Waals surface area contributed by atoms with Crippen LogP contribution in [-0.4, -0.2) is 73.8 Å². The van der Waals surface area contributed by atoms with Crippen molar-refractivity contribution < 1.29 is 13.2 Å². The molecule has 120 valence electrons. The highest BCUT2D eigenvalue weighted by Gasteiger charge is 2.29. The Morgan fingerprint density at radius 1 is 1.38 bits per heavy atom. The van der Waals surface area contributed by atoms with Gasteiger partial charge in [0, 0.05) is 32.7 Å². The Morgan fingerprint density at radius 3 is 2.52 bits per heavy atom. The van der Waals surface area contributed by atoms with Crippen LogP contribution in [0.2, 0.25) is 0 Å². The monoisotopic (exact) mass is 316 g/mol. The van der Waals surface area contributed by atoms with Crippen LogP contribution in [0.1, 0.15) is 18.3 Å². The van der Waals surface area contributed by atoms with Crippen molar-refractivity contribution in [1.29, 1.82) is 0 Å². The predicted molar refractivity (Wildman–Crippen MR) is 79.7 cm³/mol. The second-order valence-electron chi connectivity index (χ2n) is 5.55. The Hall–Kier alpha value is -0.960. The summed E-state index contributed by atoms with van der Waals surface area (Å²) in [6.45, 7) is 9.04. The first-order valence-electron chi connectivity index (χ1n) is 7.13. The summed E-state index contributed by atoms with van der Waals surface area (Å²) in [6.07, 6.45) is 0. The van der Waals surface area contributed by atoms with E-state index in [1.807, 2.05) is 6.92 Å². The van der Waals surface area contributed by atoms with Crippen molar-refractivity contribution in [3.63, 3.8) is 0 Å². The molecule has 0 aliphatic carbocycles. The minimum absolute atomic E-state index is 0.154. The quantitative estimate of drug-likeness (QED) is 0.849. The number of H-pyrrole nitrogens is 1. The van der Waals surface area contributed by atoms with E-state index in [0.717, 1.165) is 13.1 Å². The van der Waals surface area contributed by atoms with E-state index in [1.54, 1.807) is 20.9 Å². The van der Waals surface area contributed by atoms with Crippen molar-refractivity contribution in [3.05, 3.63) is 11.4 Å². The molecule has 1 unspecified atom stereocenters. The molecule has 21 heavy (non-hydrogen) atoms. The first kappa shape index (κ1) is 16.4. The van der Waals surface area contributed by atoms with Gasteiger partial charge in [-0.1, -0.05) is 0 Å². The molecule has 1 atom stereocenters.